The number of carbonyl (C=O) groups is 2. The van der Waals surface area contributed by atoms with Crippen LogP contribution in [-0.4, -0.2) is 66.7 Å². The number of benzene rings is 2. The van der Waals surface area contributed by atoms with Crippen molar-refractivity contribution in [2.75, 3.05) is 19.8 Å². The van der Waals surface area contributed by atoms with Crippen LogP contribution in [0.4, 0.5) is 22.0 Å². The van der Waals surface area contributed by atoms with Crippen LogP contribution in [0.5, 0.6) is 28.7 Å². The Balaban J connectivity index is 1.20. The summed E-state index contributed by atoms with van der Waals surface area (Å²) in [5.41, 5.74) is -0.614. The number of alkyl halides is 5. The van der Waals surface area contributed by atoms with E-state index in [0.29, 0.717) is 36.8 Å². The number of carbonyl (C=O) groups excluding carboxylic acids is 2. The van der Waals surface area contributed by atoms with E-state index < -0.39 is 54.6 Å². The Morgan fingerprint density at radius 3 is 2.43 bits per heavy atom. The van der Waals surface area contributed by atoms with Crippen LogP contribution in [0, 0.1) is 11.8 Å². The maximum Gasteiger partial charge on any atom is 0.586 e. The lowest BCUT2D eigenvalue weighted by Crippen LogP contribution is -2.47. The first kappa shape index (κ1) is 32.9. The molecule has 0 saturated heterocycles. The highest BCUT2D eigenvalue weighted by molar-refractivity contribution is 5.90. The molecule has 2 aromatic rings. The Morgan fingerprint density at radius 1 is 1.04 bits per heavy atom. The Hall–Kier alpha value is -4.05. The van der Waals surface area contributed by atoms with Gasteiger partial charge in [-0.15, -0.1) is 22.0 Å². The summed E-state index contributed by atoms with van der Waals surface area (Å²) in [6.45, 7) is 0.903. The highest BCUT2D eigenvalue weighted by Gasteiger charge is 2.50. The lowest BCUT2D eigenvalue weighted by atomic mass is 9.76. The Labute approximate surface area is 265 Å². The summed E-state index contributed by atoms with van der Waals surface area (Å²) in [6.07, 6.45) is -8.05. The van der Waals surface area contributed by atoms with Gasteiger partial charge in [0, 0.05) is 42.1 Å². The third-order valence-corrected chi connectivity index (χ3v) is 9.15. The Kier molecular flexibility index (Phi) is 8.53. The number of fused-ring (bicyclic) bond motifs is 3. The molecule has 256 valence electrons. The van der Waals surface area contributed by atoms with Crippen LogP contribution < -0.4 is 34.3 Å². The summed E-state index contributed by atoms with van der Waals surface area (Å²) < 4.78 is 91.5. The van der Waals surface area contributed by atoms with Crippen molar-refractivity contribution in [3.8, 4) is 28.7 Å². The van der Waals surface area contributed by atoms with Crippen LogP contribution in [0.2, 0.25) is 0 Å². The average molecular weight is 673 g/mol. The predicted molar refractivity (Wildman–Crippen MR) is 150 cm³/mol. The number of amides is 2. The first-order chi connectivity index (χ1) is 22.1. The monoisotopic (exact) mass is 672 g/mol. The first-order valence-electron chi connectivity index (χ1n) is 15.2. The fraction of sp³-hybridized carbons (Fsp3) is 0.548. The van der Waals surface area contributed by atoms with Crippen LogP contribution >= 0.6 is 0 Å². The summed E-state index contributed by atoms with van der Waals surface area (Å²) in [5.74, 6) is -1.89. The molecule has 3 aliphatic heterocycles. The van der Waals surface area contributed by atoms with Crippen LogP contribution in [0.15, 0.2) is 30.3 Å². The molecule has 0 spiro atoms. The normalized spacial score (nSPS) is 27.8. The second-order valence-electron chi connectivity index (χ2n) is 12.4. The molecule has 11 nitrogen and oxygen atoms in total. The van der Waals surface area contributed by atoms with E-state index in [4.69, 9.17) is 14.6 Å². The average Bonchev–Trinajstić information content (AvgIpc) is 3.51. The molecule has 1 aliphatic carbocycles. The molecule has 4 aliphatic rings. The van der Waals surface area contributed by atoms with Gasteiger partial charge in [0.15, 0.2) is 11.5 Å². The van der Waals surface area contributed by atoms with Gasteiger partial charge < -0.3 is 44.5 Å². The van der Waals surface area contributed by atoms with E-state index in [2.05, 4.69) is 24.8 Å². The number of hydrogen-bond donors (Lipinski definition) is 4. The standard InChI is InChI=1S/C31H33F5N2O9/c1-29(14-43-24-11-26-25(9-20(24)29)46-31(35,36)47-26)28(42)38-21-10-22(44-23-8-18(6-7-19(21)23)45-30(32,33)34)15-2-4-16(5-3-15)27(41)37-12-17(40)13-39/h6-9,11,15-17,21-22,39-40H,2-5,10,12-14H2,1H3,(H,37,41)(H,38,42)/t15?,16?,17?,21-,22-,29+/m1/s1. The van der Waals surface area contributed by atoms with Gasteiger partial charge in [0.05, 0.1) is 18.8 Å². The second-order valence-corrected chi connectivity index (χ2v) is 12.4. The summed E-state index contributed by atoms with van der Waals surface area (Å²) in [7, 11) is 0. The van der Waals surface area contributed by atoms with Gasteiger partial charge in [-0.3, -0.25) is 9.59 Å². The number of ether oxygens (including phenoxy) is 5. The topological polar surface area (TPSA) is 145 Å². The van der Waals surface area contributed by atoms with E-state index >= 15 is 0 Å². The zero-order chi connectivity index (χ0) is 33.7. The number of nitrogens with one attached hydrogen (secondary N) is 2. The van der Waals surface area contributed by atoms with Crippen LogP contribution in [-0.2, 0) is 15.0 Å². The number of aliphatic hydroxyl groups excluding tert-OH is 2. The highest BCUT2D eigenvalue weighted by atomic mass is 19.4. The number of halogens is 5. The van der Waals surface area contributed by atoms with Gasteiger partial charge in [-0.05, 0) is 56.7 Å². The molecule has 3 heterocycles. The van der Waals surface area contributed by atoms with Gasteiger partial charge in [-0.2, -0.15) is 0 Å². The largest absolute Gasteiger partial charge is 0.586 e. The molecule has 0 bridgehead atoms. The molecule has 1 fully saturated rings. The van der Waals surface area contributed by atoms with E-state index in [0.717, 1.165) is 12.1 Å². The fourth-order valence-electron chi connectivity index (χ4n) is 6.61. The van der Waals surface area contributed by atoms with Crippen molar-refractivity contribution < 1.29 is 65.4 Å². The van der Waals surface area contributed by atoms with Crippen molar-refractivity contribution in [1.82, 2.24) is 10.6 Å². The number of aliphatic hydroxyl groups is 2. The molecule has 2 aromatic carbocycles. The molecule has 2 amide bonds. The van der Waals surface area contributed by atoms with E-state index in [1.54, 1.807) is 6.92 Å². The van der Waals surface area contributed by atoms with Crippen molar-refractivity contribution in [3.63, 3.8) is 0 Å². The van der Waals surface area contributed by atoms with Crippen LogP contribution in [0.1, 0.15) is 56.2 Å². The van der Waals surface area contributed by atoms with E-state index in [1.807, 2.05) is 0 Å². The van der Waals surface area contributed by atoms with Crippen molar-refractivity contribution in [1.29, 1.82) is 0 Å². The maximum atomic E-state index is 13.9. The molecule has 47 heavy (non-hydrogen) atoms. The van der Waals surface area contributed by atoms with Crippen molar-refractivity contribution >= 4 is 11.8 Å². The summed E-state index contributed by atoms with van der Waals surface area (Å²) >= 11 is 0. The molecule has 1 unspecified atom stereocenters. The minimum Gasteiger partial charge on any atom is -0.492 e. The van der Waals surface area contributed by atoms with E-state index in [-0.39, 0.29) is 60.3 Å². The van der Waals surface area contributed by atoms with E-state index in [9.17, 15) is 36.6 Å². The molecule has 6 rings (SSSR count). The molecule has 0 radical (unpaired) electrons. The molecule has 0 aromatic heterocycles. The third-order valence-electron chi connectivity index (χ3n) is 9.15. The van der Waals surface area contributed by atoms with Gasteiger partial charge in [0.25, 0.3) is 0 Å². The van der Waals surface area contributed by atoms with Crippen LogP contribution in [0.3, 0.4) is 0 Å². The molecular formula is C31H33F5N2O9. The third kappa shape index (κ3) is 6.84. The van der Waals surface area contributed by atoms with Gasteiger partial charge >= 0.3 is 12.7 Å². The molecule has 4 atom stereocenters. The molecular weight excluding hydrogens is 639 g/mol. The first-order valence-corrected chi connectivity index (χ1v) is 15.2. The second kappa shape index (κ2) is 12.2. The zero-order valence-corrected chi connectivity index (χ0v) is 25.1. The zero-order valence-electron chi connectivity index (χ0n) is 25.1. The minimum absolute atomic E-state index is 0.0777. The predicted octanol–water partition coefficient (Wildman–Crippen LogP) is 3.84. The van der Waals surface area contributed by atoms with Crippen molar-refractivity contribution in [2.45, 2.75) is 75.3 Å². The van der Waals surface area contributed by atoms with Gasteiger partial charge in [0.1, 0.15) is 35.4 Å². The summed E-state index contributed by atoms with van der Waals surface area (Å²) in [5, 5.41) is 24.1. The van der Waals surface area contributed by atoms with E-state index in [1.165, 1.54) is 18.2 Å². The van der Waals surface area contributed by atoms with Gasteiger partial charge in [-0.1, -0.05) is 0 Å². The van der Waals surface area contributed by atoms with Crippen molar-refractivity contribution in [2.24, 2.45) is 11.8 Å². The maximum absolute atomic E-state index is 13.9. The van der Waals surface area contributed by atoms with Gasteiger partial charge in [0.2, 0.25) is 11.8 Å². The van der Waals surface area contributed by atoms with Crippen LogP contribution in [0.25, 0.3) is 0 Å². The SMILES string of the molecule is C[C@]1(C(=O)N[C@@H]2C[C@H](C3CCC(C(=O)NCC(O)CO)CC3)Oc3cc(OC(F)(F)F)ccc32)COc2cc3c(cc21)OC(F)(F)O3. The quantitative estimate of drug-likeness (QED) is 0.308. The number of hydrogen-bond acceptors (Lipinski definition) is 9. The highest BCUT2D eigenvalue weighted by Crippen LogP contribution is 2.50. The fourth-order valence-corrected chi connectivity index (χ4v) is 6.61. The number of rotatable bonds is 8. The van der Waals surface area contributed by atoms with Gasteiger partial charge in [-0.25, -0.2) is 0 Å². The molecule has 4 N–H and O–H groups in total. The lowest BCUT2D eigenvalue weighted by Gasteiger charge is -2.40. The molecule has 1 saturated carbocycles. The smallest absolute Gasteiger partial charge is 0.492 e. The Bertz CT molecular complexity index is 1530. The minimum atomic E-state index is -4.94. The Morgan fingerprint density at radius 2 is 1.74 bits per heavy atom. The lowest BCUT2D eigenvalue weighted by molar-refractivity contribution is -0.286. The molecule has 16 heteroatoms. The summed E-state index contributed by atoms with van der Waals surface area (Å²) in [4.78, 5) is 26.5. The van der Waals surface area contributed by atoms with Crippen molar-refractivity contribution in [3.05, 3.63) is 41.5 Å². The summed E-state index contributed by atoms with van der Waals surface area (Å²) in [6, 6.07) is 5.44.